The number of ether oxygens (including phenoxy) is 1. The van der Waals surface area contributed by atoms with Gasteiger partial charge in [0.05, 0.1) is 17.7 Å². The van der Waals surface area contributed by atoms with Crippen LogP contribution in [0.3, 0.4) is 0 Å². The van der Waals surface area contributed by atoms with Crippen molar-refractivity contribution >= 4 is 11.7 Å². The summed E-state index contributed by atoms with van der Waals surface area (Å²) in [7, 11) is 0. The zero-order valence-electron chi connectivity index (χ0n) is 14.8. The number of nitriles is 1. The molecule has 0 aliphatic carbocycles. The maximum atomic E-state index is 12.5. The third-order valence-electron chi connectivity index (χ3n) is 4.71. The zero-order chi connectivity index (χ0) is 17.5. The average molecular weight is 324 g/mol. The van der Waals surface area contributed by atoms with E-state index in [1.807, 2.05) is 50.8 Å². The predicted octanol–water partition coefficient (Wildman–Crippen LogP) is 4.42. The van der Waals surface area contributed by atoms with Gasteiger partial charge in [-0.25, -0.2) is 4.79 Å². The molecule has 0 radical (unpaired) electrons. The molecule has 126 valence electrons. The average Bonchev–Trinajstić information content (AvgIpc) is 2.76. The molecule has 0 aromatic heterocycles. The molecule has 24 heavy (non-hydrogen) atoms. The summed E-state index contributed by atoms with van der Waals surface area (Å²) in [6.45, 7) is 7.72. The Bertz CT molecular complexity index is 737. The molecular weight excluding hydrogens is 300 g/mol. The number of fused-ring (bicyclic) bond motifs is 2. The molecule has 0 saturated carbocycles. The highest BCUT2D eigenvalue weighted by molar-refractivity contribution is 5.78. The fourth-order valence-electron chi connectivity index (χ4n) is 3.80. The van der Waals surface area contributed by atoms with E-state index in [1.165, 1.54) is 5.57 Å². The Hall–Kier alpha value is -2.28. The van der Waals surface area contributed by atoms with Gasteiger partial charge in [0.2, 0.25) is 0 Å². The number of carbonyl (C=O) groups is 1. The van der Waals surface area contributed by atoms with E-state index < -0.39 is 5.60 Å². The van der Waals surface area contributed by atoms with Crippen molar-refractivity contribution in [3.63, 3.8) is 0 Å². The summed E-state index contributed by atoms with van der Waals surface area (Å²) in [6, 6.07) is 8.36. The highest BCUT2D eigenvalue weighted by atomic mass is 16.6. The molecule has 2 aliphatic heterocycles. The summed E-state index contributed by atoms with van der Waals surface area (Å²) in [5, 5.41) is 9.43. The van der Waals surface area contributed by atoms with Gasteiger partial charge in [-0.2, -0.15) is 5.26 Å². The van der Waals surface area contributed by atoms with Gasteiger partial charge in [-0.1, -0.05) is 18.2 Å². The minimum Gasteiger partial charge on any atom is -0.444 e. The van der Waals surface area contributed by atoms with Gasteiger partial charge in [0.25, 0.3) is 0 Å². The monoisotopic (exact) mass is 324 g/mol. The van der Waals surface area contributed by atoms with Crippen molar-refractivity contribution in [2.45, 2.75) is 64.6 Å². The number of amides is 1. The number of benzene rings is 1. The molecule has 1 aromatic rings. The van der Waals surface area contributed by atoms with Crippen LogP contribution in [0.1, 0.15) is 56.7 Å². The maximum Gasteiger partial charge on any atom is 0.411 e. The summed E-state index contributed by atoms with van der Waals surface area (Å²) in [5.41, 5.74) is 3.58. The number of aryl methyl sites for hydroxylation is 1. The van der Waals surface area contributed by atoms with Crippen LogP contribution in [0.2, 0.25) is 0 Å². The van der Waals surface area contributed by atoms with E-state index in [9.17, 15) is 10.1 Å². The second kappa shape index (κ2) is 5.98. The number of nitrogens with zero attached hydrogens (tertiary/aromatic N) is 2. The SMILES string of the molecule is Cc1cccc(C#N)c1C1=CC2CCC(C1)N2C(=O)OC(C)(C)C. The van der Waals surface area contributed by atoms with Crippen LogP contribution in [-0.2, 0) is 4.74 Å². The van der Waals surface area contributed by atoms with E-state index >= 15 is 0 Å². The van der Waals surface area contributed by atoms with Crippen molar-refractivity contribution in [1.29, 1.82) is 5.26 Å². The third kappa shape index (κ3) is 3.03. The third-order valence-corrected chi connectivity index (χ3v) is 4.71. The Morgan fingerprint density at radius 2 is 2.08 bits per heavy atom. The minimum absolute atomic E-state index is 0.0692. The van der Waals surface area contributed by atoms with Crippen LogP contribution < -0.4 is 0 Å². The molecule has 4 heteroatoms. The lowest BCUT2D eigenvalue weighted by molar-refractivity contribution is 0.0175. The quantitative estimate of drug-likeness (QED) is 0.768. The van der Waals surface area contributed by atoms with Gasteiger partial charge in [-0.3, -0.25) is 4.90 Å². The number of hydrogen-bond acceptors (Lipinski definition) is 3. The highest BCUT2D eigenvalue weighted by Gasteiger charge is 2.42. The van der Waals surface area contributed by atoms with E-state index in [4.69, 9.17) is 4.74 Å². The van der Waals surface area contributed by atoms with Crippen molar-refractivity contribution < 1.29 is 9.53 Å². The molecule has 4 nitrogen and oxygen atoms in total. The summed E-state index contributed by atoms with van der Waals surface area (Å²) in [6.07, 6.45) is 4.67. The Morgan fingerprint density at radius 3 is 2.71 bits per heavy atom. The normalized spacial score (nSPS) is 22.8. The summed E-state index contributed by atoms with van der Waals surface area (Å²) >= 11 is 0. The predicted molar refractivity (Wildman–Crippen MR) is 93.4 cm³/mol. The second-order valence-electron chi connectivity index (χ2n) is 7.69. The first kappa shape index (κ1) is 16.6. The standard InChI is InChI=1S/C20H24N2O2/c1-13-6-5-7-14(12-21)18(13)15-10-16-8-9-17(11-15)22(16)19(23)24-20(2,3)4/h5-7,10,16-17H,8-9,11H2,1-4H3. The summed E-state index contributed by atoms with van der Waals surface area (Å²) < 4.78 is 5.57. The van der Waals surface area contributed by atoms with Crippen LogP contribution in [-0.4, -0.2) is 28.7 Å². The first-order valence-corrected chi connectivity index (χ1v) is 8.52. The molecule has 1 aromatic carbocycles. The lowest BCUT2D eigenvalue weighted by atomic mass is 9.89. The van der Waals surface area contributed by atoms with Crippen LogP contribution in [0.4, 0.5) is 4.79 Å². The molecule has 2 unspecified atom stereocenters. The molecule has 2 aliphatic rings. The van der Waals surface area contributed by atoms with Crippen LogP contribution >= 0.6 is 0 Å². The van der Waals surface area contributed by atoms with E-state index in [-0.39, 0.29) is 18.2 Å². The number of hydrogen-bond donors (Lipinski definition) is 0. The Labute approximate surface area is 143 Å². The molecule has 1 fully saturated rings. The molecule has 1 amide bonds. The van der Waals surface area contributed by atoms with Crippen LogP contribution in [0.25, 0.3) is 5.57 Å². The van der Waals surface area contributed by atoms with Gasteiger partial charge in [-0.05, 0) is 69.7 Å². The second-order valence-corrected chi connectivity index (χ2v) is 7.69. The molecule has 0 spiro atoms. The van der Waals surface area contributed by atoms with Gasteiger partial charge in [0.15, 0.2) is 0 Å². The molecule has 2 heterocycles. The van der Waals surface area contributed by atoms with Crippen molar-refractivity contribution in [3.05, 3.63) is 41.0 Å². The number of carbonyl (C=O) groups excluding carboxylic acids is 1. The van der Waals surface area contributed by atoms with Crippen molar-refractivity contribution in [1.82, 2.24) is 4.90 Å². The largest absolute Gasteiger partial charge is 0.444 e. The van der Waals surface area contributed by atoms with Crippen molar-refractivity contribution in [2.24, 2.45) is 0 Å². The fourth-order valence-corrected chi connectivity index (χ4v) is 3.80. The van der Waals surface area contributed by atoms with Crippen molar-refractivity contribution in [3.8, 4) is 6.07 Å². The summed E-state index contributed by atoms with van der Waals surface area (Å²) in [4.78, 5) is 14.4. The van der Waals surface area contributed by atoms with Gasteiger partial charge in [0, 0.05) is 6.04 Å². The minimum atomic E-state index is -0.482. The van der Waals surface area contributed by atoms with Crippen LogP contribution in [0.15, 0.2) is 24.3 Å². The fraction of sp³-hybridized carbons (Fsp3) is 0.500. The zero-order valence-corrected chi connectivity index (χ0v) is 14.8. The molecule has 1 saturated heterocycles. The lowest BCUT2D eigenvalue weighted by Crippen LogP contribution is -2.45. The Morgan fingerprint density at radius 1 is 1.33 bits per heavy atom. The van der Waals surface area contributed by atoms with E-state index in [2.05, 4.69) is 12.1 Å². The van der Waals surface area contributed by atoms with Gasteiger partial charge in [-0.15, -0.1) is 0 Å². The van der Waals surface area contributed by atoms with Crippen LogP contribution in [0.5, 0.6) is 0 Å². The van der Waals surface area contributed by atoms with Gasteiger partial charge in [0.1, 0.15) is 5.60 Å². The topological polar surface area (TPSA) is 53.3 Å². The first-order valence-electron chi connectivity index (χ1n) is 8.52. The lowest BCUT2D eigenvalue weighted by Gasteiger charge is -2.35. The highest BCUT2D eigenvalue weighted by Crippen LogP contribution is 2.40. The van der Waals surface area contributed by atoms with Gasteiger partial charge >= 0.3 is 6.09 Å². The smallest absolute Gasteiger partial charge is 0.411 e. The molecular formula is C20H24N2O2. The molecule has 2 bridgehead atoms. The summed E-state index contributed by atoms with van der Waals surface area (Å²) in [5.74, 6) is 0. The molecule has 2 atom stereocenters. The Balaban J connectivity index is 1.91. The van der Waals surface area contributed by atoms with Crippen LogP contribution in [0, 0.1) is 18.3 Å². The molecule has 3 rings (SSSR count). The first-order chi connectivity index (χ1) is 11.3. The van der Waals surface area contributed by atoms with E-state index in [0.29, 0.717) is 5.56 Å². The number of rotatable bonds is 1. The molecule has 0 N–H and O–H groups in total. The van der Waals surface area contributed by atoms with E-state index in [0.717, 1.165) is 30.4 Å². The maximum absolute atomic E-state index is 12.5. The van der Waals surface area contributed by atoms with E-state index in [1.54, 1.807) is 0 Å². The van der Waals surface area contributed by atoms with Crippen molar-refractivity contribution in [2.75, 3.05) is 0 Å². The Kier molecular flexibility index (Phi) is 4.13. The van der Waals surface area contributed by atoms with Gasteiger partial charge < -0.3 is 4.74 Å².